The molecule has 1 aliphatic rings. The fraction of sp³-hybridized carbons (Fsp3) is 0.538. The summed E-state index contributed by atoms with van der Waals surface area (Å²) in [5, 5.41) is 14.0. The lowest BCUT2D eigenvalue weighted by Crippen LogP contribution is -2.39. The fourth-order valence-electron chi connectivity index (χ4n) is 1.57. The summed E-state index contributed by atoms with van der Waals surface area (Å²) in [7, 11) is 0. The number of ketones is 1. The number of hydrogen-bond donors (Lipinski definition) is 1. The Morgan fingerprint density at radius 1 is 1.67 bits per heavy atom. The van der Waals surface area contributed by atoms with Crippen LogP contribution in [0.3, 0.4) is 0 Å². The number of Topliss-reactive ketones (excluding diaryl/α,β-unsaturated/α-hetero) is 1. The lowest BCUT2D eigenvalue weighted by molar-refractivity contribution is -0.128. The zero-order valence-electron chi connectivity index (χ0n) is 11.0. The van der Waals surface area contributed by atoms with Crippen LogP contribution in [0.1, 0.15) is 27.2 Å². The highest BCUT2D eigenvalue weighted by Gasteiger charge is 2.37. The Labute approximate surface area is 107 Å². The molecule has 0 bridgehead atoms. The van der Waals surface area contributed by atoms with Crippen molar-refractivity contribution in [3.8, 4) is 0 Å². The van der Waals surface area contributed by atoms with Crippen LogP contribution >= 0.6 is 0 Å². The first-order valence-electron chi connectivity index (χ1n) is 5.85. The molecular weight excluding hydrogens is 234 g/mol. The SMILES string of the molecule is C=CCON=C(CC)C1=C(O)C(C)(C)OCC1=O. The van der Waals surface area contributed by atoms with Gasteiger partial charge >= 0.3 is 0 Å². The first kappa shape index (κ1) is 14.4. The molecule has 100 valence electrons. The van der Waals surface area contributed by atoms with E-state index < -0.39 is 5.60 Å². The average Bonchev–Trinajstić information content (AvgIpc) is 2.33. The zero-order chi connectivity index (χ0) is 13.8. The molecule has 1 heterocycles. The summed E-state index contributed by atoms with van der Waals surface area (Å²) >= 11 is 0. The lowest BCUT2D eigenvalue weighted by atomic mass is 9.92. The van der Waals surface area contributed by atoms with Gasteiger partial charge in [0.25, 0.3) is 0 Å². The van der Waals surface area contributed by atoms with Gasteiger partial charge in [-0.05, 0) is 20.3 Å². The third kappa shape index (κ3) is 2.98. The van der Waals surface area contributed by atoms with Crippen molar-refractivity contribution in [1.29, 1.82) is 0 Å². The predicted molar refractivity (Wildman–Crippen MR) is 68.6 cm³/mol. The number of carbonyl (C=O) groups is 1. The van der Waals surface area contributed by atoms with E-state index in [9.17, 15) is 9.90 Å². The molecule has 0 unspecified atom stereocenters. The summed E-state index contributed by atoms with van der Waals surface area (Å²) in [6.07, 6.45) is 2.04. The maximum Gasteiger partial charge on any atom is 0.193 e. The highest BCUT2D eigenvalue weighted by molar-refractivity contribution is 6.23. The number of ether oxygens (including phenoxy) is 1. The van der Waals surface area contributed by atoms with Crippen molar-refractivity contribution in [2.45, 2.75) is 32.8 Å². The van der Waals surface area contributed by atoms with Crippen molar-refractivity contribution in [2.75, 3.05) is 13.2 Å². The Morgan fingerprint density at radius 3 is 2.89 bits per heavy atom. The summed E-state index contributed by atoms with van der Waals surface area (Å²) in [5.74, 6) is -0.379. The molecule has 0 saturated heterocycles. The van der Waals surface area contributed by atoms with E-state index in [-0.39, 0.29) is 30.3 Å². The first-order valence-corrected chi connectivity index (χ1v) is 5.85. The second-order valence-corrected chi connectivity index (χ2v) is 4.42. The minimum absolute atomic E-state index is 0.0626. The van der Waals surface area contributed by atoms with E-state index in [4.69, 9.17) is 9.57 Å². The van der Waals surface area contributed by atoms with Crippen LogP contribution in [-0.2, 0) is 14.4 Å². The largest absolute Gasteiger partial charge is 0.508 e. The summed E-state index contributed by atoms with van der Waals surface area (Å²) < 4.78 is 5.27. The minimum Gasteiger partial charge on any atom is -0.508 e. The van der Waals surface area contributed by atoms with Crippen LogP contribution < -0.4 is 0 Å². The van der Waals surface area contributed by atoms with Crippen molar-refractivity contribution >= 4 is 11.5 Å². The Balaban J connectivity index is 3.12. The Hall–Kier alpha value is -1.62. The van der Waals surface area contributed by atoms with E-state index in [0.29, 0.717) is 12.1 Å². The normalized spacial score (nSPS) is 19.9. The van der Waals surface area contributed by atoms with Crippen molar-refractivity contribution in [1.82, 2.24) is 0 Å². The molecule has 5 heteroatoms. The molecule has 18 heavy (non-hydrogen) atoms. The van der Waals surface area contributed by atoms with Crippen molar-refractivity contribution < 1.29 is 19.5 Å². The molecule has 0 aliphatic carbocycles. The first-order chi connectivity index (χ1) is 8.44. The smallest absolute Gasteiger partial charge is 0.193 e. The highest BCUT2D eigenvalue weighted by Crippen LogP contribution is 2.28. The van der Waals surface area contributed by atoms with Gasteiger partial charge in [0.05, 0.1) is 11.3 Å². The van der Waals surface area contributed by atoms with E-state index in [1.54, 1.807) is 19.9 Å². The maximum absolute atomic E-state index is 11.8. The van der Waals surface area contributed by atoms with Gasteiger partial charge < -0.3 is 14.7 Å². The molecule has 0 aromatic rings. The molecule has 0 radical (unpaired) electrons. The molecule has 1 rings (SSSR count). The van der Waals surface area contributed by atoms with Gasteiger partial charge in [0, 0.05) is 0 Å². The number of nitrogens with zero attached hydrogens (tertiary/aromatic N) is 1. The Kier molecular flexibility index (Phi) is 4.67. The third-order valence-electron chi connectivity index (χ3n) is 2.64. The molecule has 5 nitrogen and oxygen atoms in total. The van der Waals surface area contributed by atoms with Crippen LogP contribution in [0, 0.1) is 0 Å². The van der Waals surface area contributed by atoms with Gasteiger partial charge in [-0.3, -0.25) is 4.79 Å². The number of rotatable bonds is 5. The number of carbonyl (C=O) groups excluding carboxylic acids is 1. The summed E-state index contributed by atoms with van der Waals surface area (Å²) in [5.41, 5.74) is -0.244. The van der Waals surface area contributed by atoms with Crippen LogP contribution in [0.25, 0.3) is 0 Å². The summed E-state index contributed by atoms with van der Waals surface area (Å²) in [4.78, 5) is 16.8. The molecular formula is C13H19NO4. The molecule has 1 aliphatic heterocycles. The number of aliphatic hydroxyl groups is 1. The second kappa shape index (κ2) is 5.82. The quantitative estimate of drug-likeness (QED) is 0.353. The van der Waals surface area contributed by atoms with Gasteiger partial charge in [-0.15, -0.1) is 0 Å². The average molecular weight is 253 g/mol. The zero-order valence-corrected chi connectivity index (χ0v) is 11.0. The van der Waals surface area contributed by atoms with E-state index >= 15 is 0 Å². The van der Waals surface area contributed by atoms with Crippen molar-refractivity contribution in [3.63, 3.8) is 0 Å². The molecule has 0 fully saturated rings. The van der Waals surface area contributed by atoms with Crippen LogP contribution in [0.5, 0.6) is 0 Å². The van der Waals surface area contributed by atoms with Gasteiger partial charge in [-0.1, -0.05) is 24.7 Å². The van der Waals surface area contributed by atoms with Crippen molar-refractivity contribution in [2.24, 2.45) is 5.16 Å². The fourth-order valence-corrected chi connectivity index (χ4v) is 1.57. The van der Waals surface area contributed by atoms with E-state index in [1.165, 1.54) is 0 Å². The number of hydrogen-bond acceptors (Lipinski definition) is 5. The Bertz CT molecular complexity index is 407. The molecule has 1 N–H and O–H groups in total. The molecule has 0 atom stereocenters. The summed E-state index contributed by atoms with van der Waals surface area (Å²) in [6.45, 7) is 8.94. The standard InChI is InChI=1S/C13H19NO4/c1-5-7-18-14-9(6-2)11-10(15)8-17-13(3,4)12(11)16/h5,16H,1,6-8H2,2-4H3. The predicted octanol–water partition coefficient (Wildman–Crippen LogP) is 2.15. The maximum atomic E-state index is 11.8. The molecule has 0 aromatic heterocycles. The lowest BCUT2D eigenvalue weighted by Gasteiger charge is -2.30. The Morgan fingerprint density at radius 2 is 2.33 bits per heavy atom. The van der Waals surface area contributed by atoms with Gasteiger partial charge in [0.1, 0.15) is 24.6 Å². The van der Waals surface area contributed by atoms with Gasteiger partial charge in [-0.2, -0.15) is 0 Å². The van der Waals surface area contributed by atoms with Crippen LogP contribution in [0.4, 0.5) is 0 Å². The van der Waals surface area contributed by atoms with Gasteiger partial charge in [0.2, 0.25) is 0 Å². The number of oxime groups is 1. The van der Waals surface area contributed by atoms with E-state index in [2.05, 4.69) is 11.7 Å². The van der Waals surface area contributed by atoms with E-state index in [1.807, 2.05) is 6.92 Å². The van der Waals surface area contributed by atoms with Gasteiger partial charge in [-0.25, -0.2) is 0 Å². The molecule has 0 spiro atoms. The topological polar surface area (TPSA) is 68.1 Å². The van der Waals surface area contributed by atoms with E-state index in [0.717, 1.165) is 0 Å². The molecule has 0 amide bonds. The van der Waals surface area contributed by atoms with Crippen LogP contribution in [0.15, 0.2) is 29.1 Å². The van der Waals surface area contributed by atoms with Crippen LogP contribution in [-0.4, -0.2) is 35.4 Å². The minimum atomic E-state index is -0.877. The second-order valence-electron chi connectivity index (χ2n) is 4.42. The number of aliphatic hydroxyl groups excluding tert-OH is 1. The van der Waals surface area contributed by atoms with Crippen molar-refractivity contribution in [3.05, 3.63) is 24.0 Å². The molecule has 0 aromatic carbocycles. The molecule has 0 saturated carbocycles. The van der Waals surface area contributed by atoms with Crippen LogP contribution in [0.2, 0.25) is 0 Å². The summed E-state index contributed by atoms with van der Waals surface area (Å²) in [6, 6.07) is 0. The third-order valence-corrected chi connectivity index (χ3v) is 2.64. The highest BCUT2D eigenvalue weighted by atomic mass is 16.6. The van der Waals surface area contributed by atoms with Gasteiger partial charge in [0.15, 0.2) is 5.78 Å². The monoisotopic (exact) mass is 253 g/mol.